The zero-order valence-corrected chi connectivity index (χ0v) is 24.2. The monoisotopic (exact) mass is 707 g/mol. The normalized spacial score (nSPS) is 16.1. The zero-order valence-electron chi connectivity index (χ0n) is 21.9. The smallest absolute Gasteiger partial charge is 0.323 e. The first kappa shape index (κ1) is 35.2. The van der Waals surface area contributed by atoms with E-state index in [2.05, 4.69) is 0 Å². The molecule has 2 rings (SSSR count). The van der Waals surface area contributed by atoms with E-state index in [0.717, 1.165) is 5.56 Å². The Bertz CT molecular complexity index is 1030. The van der Waals surface area contributed by atoms with Gasteiger partial charge in [0.1, 0.15) is 19.6 Å². The Labute approximate surface area is 264 Å². The quantitative estimate of drug-likeness (QED) is 0.209. The molecule has 0 fully saturated rings. The Morgan fingerprint density at radius 3 is 1.52 bits per heavy atom. The summed E-state index contributed by atoms with van der Waals surface area (Å²) in [5.41, 5.74) is 0.761. The van der Waals surface area contributed by atoms with Crippen LogP contribution in [0.25, 0.3) is 0 Å². The van der Waals surface area contributed by atoms with Gasteiger partial charge in [0, 0.05) is 98.2 Å². The molecule has 0 saturated heterocycles. The summed E-state index contributed by atoms with van der Waals surface area (Å²) < 4.78 is 0. The first-order chi connectivity index (χ1) is 18.5. The second kappa shape index (κ2) is 18.5. The molecule has 0 bridgehead atoms. The minimum Gasteiger partial charge on any atom is -0.480 e. The fourth-order valence-corrected chi connectivity index (χ4v) is 3.99. The molecule has 0 aromatic heterocycles. The Hall–Kier alpha value is -2.85. The fraction of sp³-hybridized carbons (Fsp3) is 0.480. The Balaban J connectivity index is 0.00000800. The Kier molecular flexibility index (Phi) is 16.3. The average molecular weight is 707 g/mol. The number of hydrogen-bond acceptors (Lipinski definition) is 9. The van der Waals surface area contributed by atoms with Gasteiger partial charge in [0.25, 0.3) is 0 Å². The van der Waals surface area contributed by atoms with E-state index in [-0.39, 0.29) is 112 Å². The van der Waals surface area contributed by atoms with Crippen LogP contribution in [0.4, 0.5) is 0 Å². The standard InChI is InChI=1S/C25H35N5O9.Gd/c31-21(30(19-25(38)39)14-20-4-2-1-3-5-20)15-26-6-8-27(16-22(32)33)10-12-29(18-24(36)37)13-11-28(9-7-26)17-23(34)35;/h1-5,10,12H,6-9,11,13-19H2,(H,32,33)(H,34,35)(H,36,37)(H,38,39);/b12-10-;. The number of hydrogen-bond donors (Lipinski definition) is 4. The van der Waals surface area contributed by atoms with Gasteiger partial charge in [0.2, 0.25) is 5.91 Å². The van der Waals surface area contributed by atoms with Crippen molar-refractivity contribution in [3.63, 3.8) is 0 Å². The van der Waals surface area contributed by atoms with Crippen LogP contribution in [0.2, 0.25) is 0 Å². The molecule has 222 valence electrons. The fourth-order valence-electron chi connectivity index (χ4n) is 3.99. The van der Waals surface area contributed by atoms with E-state index < -0.39 is 36.3 Å². The van der Waals surface area contributed by atoms with Crippen LogP contribution in [0.1, 0.15) is 5.56 Å². The van der Waals surface area contributed by atoms with Crippen molar-refractivity contribution < 1.29 is 84.3 Å². The molecular weight excluding hydrogens is 672 g/mol. The van der Waals surface area contributed by atoms with Gasteiger partial charge in [-0.2, -0.15) is 0 Å². The molecule has 0 radical (unpaired) electrons. The maximum atomic E-state index is 13.2. The van der Waals surface area contributed by atoms with Gasteiger partial charge in [-0.15, -0.1) is 0 Å². The van der Waals surface area contributed by atoms with Crippen LogP contribution in [0.5, 0.6) is 0 Å². The second-order valence-electron chi connectivity index (χ2n) is 9.10. The number of carbonyl (C=O) groups excluding carboxylic acids is 1. The summed E-state index contributed by atoms with van der Waals surface area (Å²) in [4.78, 5) is 66.3. The van der Waals surface area contributed by atoms with Crippen molar-refractivity contribution in [2.45, 2.75) is 6.54 Å². The molecule has 1 aliphatic rings. The number of nitrogens with zero attached hydrogens (tertiary/aromatic N) is 5. The summed E-state index contributed by atoms with van der Waals surface area (Å²) >= 11 is 0. The number of amides is 1. The van der Waals surface area contributed by atoms with Gasteiger partial charge in [-0.05, 0) is 5.56 Å². The molecule has 1 heterocycles. The summed E-state index contributed by atoms with van der Waals surface area (Å²) in [6.45, 7) is -0.295. The topological polar surface area (TPSA) is 182 Å². The van der Waals surface area contributed by atoms with E-state index in [4.69, 9.17) is 0 Å². The Morgan fingerprint density at radius 1 is 0.625 bits per heavy atom. The number of carboxylic acid groups (broad SMARTS) is 4. The van der Waals surface area contributed by atoms with E-state index in [1.165, 1.54) is 27.1 Å². The summed E-state index contributed by atoms with van der Waals surface area (Å²) in [6.07, 6.45) is 2.92. The molecule has 0 aliphatic carbocycles. The molecule has 0 saturated carbocycles. The van der Waals surface area contributed by atoms with Gasteiger partial charge < -0.3 is 35.1 Å². The minimum absolute atomic E-state index is 0. The molecule has 0 unspecified atom stereocenters. The molecule has 1 aromatic carbocycles. The minimum atomic E-state index is -1.16. The Morgan fingerprint density at radius 2 is 1.07 bits per heavy atom. The predicted octanol–water partition coefficient (Wildman–Crippen LogP) is -0.954. The largest absolute Gasteiger partial charge is 0.480 e. The molecular formula is C25H35GdN5O9. The van der Waals surface area contributed by atoms with Gasteiger partial charge in [-0.25, -0.2) is 0 Å². The average Bonchev–Trinajstić information content (AvgIpc) is 2.84. The molecule has 1 aromatic rings. The number of benzene rings is 1. The summed E-state index contributed by atoms with van der Waals surface area (Å²) in [5, 5.41) is 37.2. The zero-order chi connectivity index (χ0) is 28.8. The van der Waals surface area contributed by atoms with Crippen LogP contribution in [0, 0.1) is 39.9 Å². The van der Waals surface area contributed by atoms with Crippen LogP contribution < -0.4 is 0 Å². The third kappa shape index (κ3) is 14.5. The predicted molar refractivity (Wildman–Crippen MR) is 138 cm³/mol. The van der Waals surface area contributed by atoms with Crippen molar-refractivity contribution in [2.24, 2.45) is 0 Å². The molecule has 1 aliphatic heterocycles. The first-order valence-electron chi connectivity index (χ1n) is 12.3. The van der Waals surface area contributed by atoms with Crippen LogP contribution in [0.3, 0.4) is 0 Å². The number of aliphatic carboxylic acids is 4. The number of rotatable bonds is 12. The summed E-state index contributed by atoms with van der Waals surface area (Å²) in [6, 6.07) is 8.95. The molecule has 15 heteroatoms. The van der Waals surface area contributed by atoms with Gasteiger partial charge in [-0.3, -0.25) is 33.8 Å². The SMILES string of the molecule is O=C(O)CN1/C=C\N(CC(=O)O)CCN(CC(=O)N(CC(=O)O)Cc2ccccc2)CCN(CC(=O)O)CC1.[Gd]. The van der Waals surface area contributed by atoms with Gasteiger partial charge in [-0.1, -0.05) is 30.3 Å². The molecule has 40 heavy (non-hydrogen) atoms. The van der Waals surface area contributed by atoms with Gasteiger partial charge >= 0.3 is 23.9 Å². The van der Waals surface area contributed by atoms with Crippen LogP contribution in [-0.4, -0.2) is 147 Å². The third-order valence-corrected chi connectivity index (χ3v) is 5.92. The molecule has 0 spiro atoms. The van der Waals surface area contributed by atoms with Crippen molar-refractivity contribution >= 4 is 29.8 Å². The van der Waals surface area contributed by atoms with Crippen molar-refractivity contribution in [3.8, 4) is 0 Å². The van der Waals surface area contributed by atoms with Gasteiger partial charge in [0.15, 0.2) is 0 Å². The second-order valence-corrected chi connectivity index (χ2v) is 9.10. The van der Waals surface area contributed by atoms with Gasteiger partial charge in [0.05, 0.1) is 13.1 Å². The summed E-state index contributed by atoms with van der Waals surface area (Å²) in [5.74, 6) is -4.85. The van der Waals surface area contributed by atoms with Crippen LogP contribution in [0.15, 0.2) is 42.7 Å². The van der Waals surface area contributed by atoms with E-state index in [0.29, 0.717) is 0 Å². The number of carboxylic acids is 4. The number of carbonyl (C=O) groups is 5. The van der Waals surface area contributed by atoms with Crippen molar-refractivity contribution in [2.75, 3.05) is 72.0 Å². The molecule has 14 nitrogen and oxygen atoms in total. The van der Waals surface area contributed by atoms with E-state index in [1.54, 1.807) is 34.1 Å². The maximum absolute atomic E-state index is 13.2. The van der Waals surface area contributed by atoms with E-state index >= 15 is 0 Å². The van der Waals surface area contributed by atoms with Crippen molar-refractivity contribution in [3.05, 3.63) is 48.3 Å². The van der Waals surface area contributed by atoms with Crippen LogP contribution >= 0.6 is 0 Å². The molecule has 1 amide bonds. The van der Waals surface area contributed by atoms with Crippen molar-refractivity contribution in [1.29, 1.82) is 0 Å². The third-order valence-electron chi connectivity index (χ3n) is 5.92. The summed E-state index contributed by atoms with van der Waals surface area (Å²) in [7, 11) is 0. The van der Waals surface area contributed by atoms with E-state index in [9.17, 15) is 44.4 Å². The van der Waals surface area contributed by atoms with E-state index in [1.807, 2.05) is 6.07 Å². The van der Waals surface area contributed by atoms with Crippen molar-refractivity contribution in [1.82, 2.24) is 24.5 Å². The van der Waals surface area contributed by atoms with Crippen LogP contribution in [-0.2, 0) is 30.5 Å². The molecule has 4 N–H and O–H groups in total. The molecule has 0 atom stereocenters. The maximum Gasteiger partial charge on any atom is 0.323 e. The first-order valence-corrected chi connectivity index (χ1v) is 12.3.